The molecule has 1 aliphatic rings. The molecule has 0 radical (unpaired) electrons. The molecule has 2 aromatic rings. The quantitative estimate of drug-likeness (QED) is 0.739. The van der Waals surface area contributed by atoms with Crippen LogP contribution in [0, 0.1) is 6.92 Å². The lowest BCUT2D eigenvalue weighted by atomic mass is 9.98. The van der Waals surface area contributed by atoms with Crippen LogP contribution in [0.2, 0.25) is 5.02 Å². The maximum atomic E-state index is 13.1. The standard InChI is InChI=1S/C21H27ClN4O2S/c1-14-17(29-19(23-14)21(2,3)4)18(27)25-9-6-10-26(12-11-25)20(28)24-16-8-5-7-15(22)13-16/h5,7-8,13H,6,9-12H2,1-4H3,(H,24,28). The highest BCUT2D eigenvalue weighted by atomic mass is 35.5. The zero-order valence-corrected chi connectivity index (χ0v) is 18.9. The number of nitrogens with zero attached hydrogens (tertiary/aromatic N) is 3. The molecular formula is C21H27ClN4O2S. The molecule has 1 aromatic heterocycles. The topological polar surface area (TPSA) is 65.5 Å². The summed E-state index contributed by atoms with van der Waals surface area (Å²) in [4.78, 5) is 34.6. The second kappa shape index (κ2) is 8.71. The Bertz CT molecular complexity index is 906. The summed E-state index contributed by atoms with van der Waals surface area (Å²) < 4.78 is 0. The summed E-state index contributed by atoms with van der Waals surface area (Å²) in [6, 6.07) is 6.90. The first-order valence-electron chi connectivity index (χ1n) is 9.74. The highest BCUT2D eigenvalue weighted by Crippen LogP contribution is 2.30. The number of anilines is 1. The van der Waals surface area contributed by atoms with Crippen molar-refractivity contribution < 1.29 is 9.59 Å². The normalized spacial score (nSPS) is 15.2. The first-order valence-corrected chi connectivity index (χ1v) is 10.9. The molecule has 1 fully saturated rings. The molecule has 1 N–H and O–H groups in total. The van der Waals surface area contributed by atoms with E-state index in [-0.39, 0.29) is 17.4 Å². The number of thiazole rings is 1. The van der Waals surface area contributed by atoms with Crippen LogP contribution in [-0.4, -0.2) is 52.9 Å². The number of carbonyl (C=O) groups is 2. The smallest absolute Gasteiger partial charge is 0.321 e. The van der Waals surface area contributed by atoms with Gasteiger partial charge in [0.25, 0.3) is 5.91 Å². The number of aromatic nitrogens is 1. The number of urea groups is 1. The highest BCUT2D eigenvalue weighted by molar-refractivity contribution is 7.14. The molecule has 1 aliphatic heterocycles. The molecule has 0 spiro atoms. The average molecular weight is 435 g/mol. The molecule has 0 aliphatic carbocycles. The second-order valence-electron chi connectivity index (χ2n) is 8.26. The SMILES string of the molecule is Cc1nc(C(C)(C)C)sc1C(=O)N1CCCN(C(=O)Nc2cccc(Cl)c2)CC1. The number of nitrogens with one attached hydrogen (secondary N) is 1. The van der Waals surface area contributed by atoms with Crippen molar-refractivity contribution in [2.45, 2.75) is 39.5 Å². The van der Waals surface area contributed by atoms with Gasteiger partial charge in [-0.15, -0.1) is 11.3 Å². The number of benzene rings is 1. The highest BCUT2D eigenvalue weighted by Gasteiger charge is 2.28. The third kappa shape index (κ3) is 5.28. The van der Waals surface area contributed by atoms with Gasteiger partial charge in [-0.2, -0.15) is 0 Å². The molecular weight excluding hydrogens is 408 g/mol. The van der Waals surface area contributed by atoms with Crippen LogP contribution in [0.3, 0.4) is 0 Å². The van der Waals surface area contributed by atoms with Gasteiger partial charge >= 0.3 is 6.03 Å². The molecule has 156 valence electrons. The number of carbonyl (C=O) groups excluding carboxylic acids is 2. The van der Waals surface area contributed by atoms with Crippen molar-refractivity contribution in [3.63, 3.8) is 0 Å². The molecule has 6 nitrogen and oxygen atoms in total. The van der Waals surface area contributed by atoms with Gasteiger partial charge in [-0.05, 0) is 31.5 Å². The molecule has 0 unspecified atom stereocenters. The van der Waals surface area contributed by atoms with Gasteiger partial charge in [0.05, 0.1) is 10.7 Å². The lowest BCUT2D eigenvalue weighted by Gasteiger charge is -2.22. The first-order chi connectivity index (χ1) is 13.6. The largest absolute Gasteiger partial charge is 0.336 e. The maximum Gasteiger partial charge on any atom is 0.321 e. The van der Waals surface area contributed by atoms with Crippen LogP contribution >= 0.6 is 22.9 Å². The number of rotatable bonds is 2. The molecule has 3 amide bonds. The molecule has 8 heteroatoms. The monoisotopic (exact) mass is 434 g/mol. The lowest BCUT2D eigenvalue weighted by molar-refractivity contribution is 0.0766. The summed E-state index contributed by atoms with van der Waals surface area (Å²) in [5.74, 6) is 0.00704. The average Bonchev–Trinajstić information content (AvgIpc) is 2.88. The first kappa shape index (κ1) is 21.6. The summed E-state index contributed by atoms with van der Waals surface area (Å²) in [6.07, 6.45) is 0.735. The number of aryl methyl sites for hydroxylation is 1. The minimum absolute atomic E-state index is 0.00704. The molecule has 3 rings (SSSR count). The Morgan fingerprint density at radius 2 is 1.83 bits per heavy atom. The molecule has 0 saturated carbocycles. The third-order valence-corrected chi connectivity index (χ3v) is 6.58. The van der Waals surface area contributed by atoms with Gasteiger partial charge in [-0.1, -0.05) is 38.4 Å². The van der Waals surface area contributed by atoms with E-state index in [2.05, 4.69) is 31.1 Å². The molecule has 1 aromatic carbocycles. The fourth-order valence-corrected chi connectivity index (χ4v) is 4.43. The van der Waals surface area contributed by atoms with E-state index in [4.69, 9.17) is 11.6 Å². The number of hydrogen-bond donors (Lipinski definition) is 1. The zero-order valence-electron chi connectivity index (χ0n) is 17.3. The van der Waals surface area contributed by atoms with Gasteiger partial charge in [0.15, 0.2) is 0 Å². The van der Waals surface area contributed by atoms with E-state index in [1.54, 1.807) is 29.2 Å². The lowest BCUT2D eigenvalue weighted by Crippen LogP contribution is -2.39. The Morgan fingerprint density at radius 1 is 1.14 bits per heavy atom. The zero-order chi connectivity index (χ0) is 21.2. The Kier molecular flexibility index (Phi) is 6.49. The van der Waals surface area contributed by atoms with Gasteiger partial charge in [0.1, 0.15) is 4.88 Å². The second-order valence-corrected chi connectivity index (χ2v) is 9.69. The minimum Gasteiger partial charge on any atom is -0.336 e. The van der Waals surface area contributed by atoms with Crippen LogP contribution in [0.5, 0.6) is 0 Å². The van der Waals surface area contributed by atoms with Crippen molar-refractivity contribution in [3.05, 3.63) is 44.9 Å². The predicted molar refractivity (Wildman–Crippen MR) is 118 cm³/mol. The number of hydrogen-bond acceptors (Lipinski definition) is 4. The van der Waals surface area contributed by atoms with Gasteiger partial charge in [0.2, 0.25) is 0 Å². The van der Waals surface area contributed by atoms with Crippen LogP contribution in [0.25, 0.3) is 0 Å². The van der Waals surface area contributed by atoms with Crippen LogP contribution < -0.4 is 5.32 Å². The molecule has 0 atom stereocenters. The van der Waals surface area contributed by atoms with E-state index in [1.807, 2.05) is 11.8 Å². The summed E-state index contributed by atoms with van der Waals surface area (Å²) in [5.41, 5.74) is 1.36. The van der Waals surface area contributed by atoms with Gasteiger partial charge in [-0.3, -0.25) is 4.79 Å². The fraction of sp³-hybridized carbons (Fsp3) is 0.476. The summed E-state index contributed by atoms with van der Waals surface area (Å²) in [6.45, 7) is 10.4. The Morgan fingerprint density at radius 3 is 2.48 bits per heavy atom. The van der Waals surface area contributed by atoms with E-state index < -0.39 is 0 Å². The third-order valence-electron chi connectivity index (χ3n) is 4.78. The van der Waals surface area contributed by atoms with Crippen molar-refractivity contribution in [1.82, 2.24) is 14.8 Å². The Hall–Kier alpha value is -2.12. The van der Waals surface area contributed by atoms with Crippen LogP contribution in [0.15, 0.2) is 24.3 Å². The maximum absolute atomic E-state index is 13.1. The van der Waals surface area contributed by atoms with Gasteiger partial charge in [-0.25, -0.2) is 9.78 Å². The van der Waals surface area contributed by atoms with Crippen molar-refractivity contribution in [2.75, 3.05) is 31.5 Å². The summed E-state index contributed by atoms with van der Waals surface area (Å²) >= 11 is 7.46. The van der Waals surface area contributed by atoms with Gasteiger partial charge in [0, 0.05) is 42.3 Å². The van der Waals surface area contributed by atoms with Crippen molar-refractivity contribution in [1.29, 1.82) is 0 Å². The molecule has 1 saturated heterocycles. The molecule has 2 heterocycles. The van der Waals surface area contributed by atoms with E-state index in [0.717, 1.165) is 17.1 Å². The van der Waals surface area contributed by atoms with E-state index >= 15 is 0 Å². The van der Waals surface area contributed by atoms with E-state index in [9.17, 15) is 9.59 Å². The molecule has 0 bridgehead atoms. The Labute approximate surface area is 180 Å². The van der Waals surface area contributed by atoms with Crippen molar-refractivity contribution in [3.8, 4) is 0 Å². The minimum atomic E-state index is -0.175. The van der Waals surface area contributed by atoms with Crippen molar-refractivity contribution >= 4 is 40.6 Å². The van der Waals surface area contributed by atoms with Crippen LogP contribution in [-0.2, 0) is 5.41 Å². The van der Waals surface area contributed by atoms with Crippen molar-refractivity contribution in [2.24, 2.45) is 0 Å². The number of halogens is 1. The van der Waals surface area contributed by atoms with Crippen LogP contribution in [0.4, 0.5) is 10.5 Å². The summed E-state index contributed by atoms with van der Waals surface area (Å²) in [7, 11) is 0. The predicted octanol–water partition coefficient (Wildman–Crippen LogP) is 4.78. The van der Waals surface area contributed by atoms with Crippen LogP contribution in [0.1, 0.15) is 47.6 Å². The number of amides is 3. The van der Waals surface area contributed by atoms with E-state index in [0.29, 0.717) is 41.8 Å². The fourth-order valence-electron chi connectivity index (χ4n) is 3.15. The Balaban J connectivity index is 1.64. The summed E-state index contributed by atoms with van der Waals surface area (Å²) in [5, 5.41) is 4.42. The van der Waals surface area contributed by atoms with Gasteiger partial charge < -0.3 is 15.1 Å². The molecule has 29 heavy (non-hydrogen) atoms. The van der Waals surface area contributed by atoms with E-state index in [1.165, 1.54) is 11.3 Å².